The Morgan fingerprint density at radius 1 is 1.15 bits per heavy atom. The molecule has 2 heterocycles. The third-order valence-corrected chi connectivity index (χ3v) is 8.75. The summed E-state index contributed by atoms with van der Waals surface area (Å²) in [6.07, 6.45) is 4.44. The molecule has 2 aromatic heterocycles. The minimum atomic E-state index is -0.197. The molecule has 1 unspecified atom stereocenters. The Balaban J connectivity index is 1.79. The van der Waals surface area contributed by atoms with Gasteiger partial charge >= 0.3 is 6.03 Å². The summed E-state index contributed by atoms with van der Waals surface area (Å²) < 4.78 is 2.02. The van der Waals surface area contributed by atoms with Gasteiger partial charge in [0.1, 0.15) is 5.03 Å². The quantitative estimate of drug-likeness (QED) is 0.179. The van der Waals surface area contributed by atoms with Crippen molar-refractivity contribution in [3.05, 3.63) is 45.9 Å². The van der Waals surface area contributed by atoms with Crippen LogP contribution < -0.4 is 10.6 Å². The Morgan fingerprint density at radius 3 is 2.65 bits per heavy atom. The maximum atomic E-state index is 13.1. The standard InChI is InChI=1S/C26H34ClN3OS3/c1-5-8-9-12-18(22-19-13-10-11-14-20(19)34-24(22)27)16-28-26(31)30-23-21(32-6-2)15-17(4)29-25(23)33-7-3/h10-11,13-15,18H,5-9,12,16H2,1-4H3,(H2,28,30,31). The molecule has 0 aliphatic heterocycles. The van der Waals surface area contributed by atoms with Crippen LogP contribution in [0.3, 0.4) is 0 Å². The largest absolute Gasteiger partial charge is 0.337 e. The Labute approximate surface area is 221 Å². The highest BCUT2D eigenvalue weighted by Crippen LogP contribution is 2.41. The number of pyridine rings is 1. The average molecular weight is 536 g/mol. The number of hydrogen-bond donors (Lipinski definition) is 2. The van der Waals surface area contributed by atoms with Crippen molar-refractivity contribution in [2.45, 2.75) is 69.2 Å². The minimum Gasteiger partial charge on any atom is -0.337 e. The highest BCUT2D eigenvalue weighted by atomic mass is 35.5. The van der Waals surface area contributed by atoms with E-state index >= 15 is 0 Å². The number of rotatable bonds is 12. The van der Waals surface area contributed by atoms with Crippen LogP contribution in [0.1, 0.15) is 63.6 Å². The number of aryl methyl sites for hydroxylation is 1. The van der Waals surface area contributed by atoms with Gasteiger partial charge in [-0.3, -0.25) is 0 Å². The molecule has 4 nitrogen and oxygen atoms in total. The Morgan fingerprint density at radius 2 is 1.91 bits per heavy atom. The molecule has 2 amide bonds. The number of thiophene rings is 1. The van der Waals surface area contributed by atoms with Gasteiger partial charge in [0.05, 0.1) is 10.0 Å². The summed E-state index contributed by atoms with van der Waals surface area (Å²) in [6.45, 7) is 8.97. The number of thioether (sulfide) groups is 2. The van der Waals surface area contributed by atoms with Crippen LogP contribution >= 0.6 is 46.5 Å². The van der Waals surface area contributed by atoms with Gasteiger partial charge in [-0.1, -0.05) is 69.8 Å². The first-order chi connectivity index (χ1) is 16.5. The molecule has 2 N–H and O–H groups in total. The Bertz CT molecular complexity index is 1080. The number of benzene rings is 1. The second-order valence-electron chi connectivity index (χ2n) is 8.12. The lowest BCUT2D eigenvalue weighted by Crippen LogP contribution is -2.33. The molecule has 34 heavy (non-hydrogen) atoms. The summed E-state index contributed by atoms with van der Waals surface area (Å²) in [5, 5.41) is 8.33. The molecule has 1 aromatic carbocycles. The molecule has 8 heteroatoms. The number of urea groups is 1. The van der Waals surface area contributed by atoms with E-state index in [1.807, 2.05) is 19.1 Å². The highest BCUT2D eigenvalue weighted by molar-refractivity contribution is 8.00. The number of fused-ring (bicyclic) bond motifs is 1. The average Bonchev–Trinajstić information content (AvgIpc) is 3.14. The van der Waals surface area contributed by atoms with E-state index in [0.29, 0.717) is 6.54 Å². The van der Waals surface area contributed by atoms with Crippen LogP contribution in [0, 0.1) is 6.92 Å². The fraction of sp³-hybridized carbons (Fsp3) is 0.462. The van der Waals surface area contributed by atoms with Crippen LogP contribution in [0.4, 0.5) is 10.5 Å². The number of halogens is 1. The number of anilines is 1. The monoisotopic (exact) mass is 535 g/mol. The zero-order valence-electron chi connectivity index (χ0n) is 20.4. The van der Waals surface area contributed by atoms with E-state index in [1.54, 1.807) is 34.9 Å². The molecule has 3 aromatic rings. The fourth-order valence-corrected chi connectivity index (χ4v) is 7.25. The molecular formula is C26H34ClN3OS3. The van der Waals surface area contributed by atoms with E-state index in [1.165, 1.54) is 22.1 Å². The van der Waals surface area contributed by atoms with E-state index < -0.39 is 0 Å². The van der Waals surface area contributed by atoms with Gasteiger partial charge < -0.3 is 10.6 Å². The topological polar surface area (TPSA) is 54.0 Å². The van der Waals surface area contributed by atoms with E-state index in [9.17, 15) is 4.79 Å². The van der Waals surface area contributed by atoms with E-state index in [-0.39, 0.29) is 11.9 Å². The van der Waals surface area contributed by atoms with Crippen molar-refractivity contribution in [1.82, 2.24) is 10.3 Å². The summed E-state index contributed by atoms with van der Waals surface area (Å²) >= 11 is 11.7. The van der Waals surface area contributed by atoms with Crippen molar-refractivity contribution >= 4 is 68.3 Å². The molecule has 0 spiro atoms. The van der Waals surface area contributed by atoms with Gasteiger partial charge in [-0.2, -0.15) is 0 Å². The molecular weight excluding hydrogens is 502 g/mol. The number of nitrogens with one attached hydrogen (secondary N) is 2. The number of carbonyl (C=O) groups is 1. The van der Waals surface area contributed by atoms with Crippen molar-refractivity contribution in [3.63, 3.8) is 0 Å². The third kappa shape index (κ3) is 7.06. The maximum absolute atomic E-state index is 13.1. The summed E-state index contributed by atoms with van der Waals surface area (Å²) in [5.74, 6) is 2.00. The molecule has 0 bridgehead atoms. The lowest BCUT2D eigenvalue weighted by molar-refractivity contribution is 0.251. The van der Waals surface area contributed by atoms with Crippen LogP contribution in [-0.4, -0.2) is 29.1 Å². The summed E-state index contributed by atoms with van der Waals surface area (Å²) in [4.78, 5) is 18.8. The molecule has 1 atom stereocenters. The first kappa shape index (κ1) is 27.2. The number of aromatic nitrogens is 1. The predicted octanol–water partition coefficient (Wildman–Crippen LogP) is 8.97. The first-order valence-corrected chi connectivity index (χ1v) is 15.1. The first-order valence-electron chi connectivity index (χ1n) is 12.0. The highest BCUT2D eigenvalue weighted by Gasteiger charge is 2.22. The second-order valence-corrected chi connectivity index (χ2v) is 12.3. The van der Waals surface area contributed by atoms with Crippen LogP contribution in [0.15, 0.2) is 40.3 Å². The second kappa shape index (κ2) is 13.6. The minimum absolute atomic E-state index is 0.172. The maximum Gasteiger partial charge on any atom is 0.319 e. The summed E-state index contributed by atoms with van der Waals surface area (Å²) in [7, 11) is 0. The van der Waals surface area contributed by atoms with Crippen LogP contribution in [0.25, 0.3) is 10.1 Å². The van der Waals surface area contributed by atoms with Gasteiger partial charge in [0.25, 0.3) is 0 Å². The molecule has 0 fully saturated rings. The lowest BCUT2D eigenvalue weighted by atomic mass is 9.92. The molecule has 0 saturated heterocycles. The summed E-state index contributed by atoms with van der Waals surface area (Å²) in [6, 6.07) is 10.2. The normalized spacial score (nSPS) is 12.1. The van der Waals surface area contributed by atoms with Gasteiger partial charge in [-0.05, 0) is 47.9 Å². The van der Waals surface area contributed by atoms with Gasteiger partial charge in [0.2, 0.25) is 0 Å². The zero-order chi connectivity index (χ0) is 24.5. The lowest BCUT2D eigenvalue weighted by Gasteiger charge is -2.20. The number of nitrogens with zero attached hydrogens (tertiary/aromatic N) is 1. The number of hydrogen-bond acceptors (Lipinski definition) is 5. The van der Waals surface area contributed by atoms with Crippen molar-refractivity contribution in [1.29, 1.82) is 0 Å². The zero-order valence-corrected chi connectivity index (χ0v) is 23.6. The van der Waals surface area contributed by atoms with E-state index in [0.717, 1.165) is 56.4 Å². The Hall–Kier alpha value is -1.41. The molecule has 0 radical (unpaired) electrons. The summed E-state index contributed by atoms with van der Waals surface area (Å²) in [5.41, 5.74) is 2.94. The molecule has 0 aliphatic rings. The van der Waals surface area contributed by atoms with Crippen molar-refractivity contribution in [2.75, 3.05) is 23.4 Å². The van der Waals surface area contributed by atoms with E-state index in [4.69, 9.17) is 11.6 Å². The number of amides is 2. The SMILES string of the molecule is CCCCCC(CNC(=O)Nc1c(SCC)cc(C)nc1SCC)c1c(Cl)sc2ccccc12. The van der Waals surface area contributed by atoms with Crippen molar-refractivity contribution in [3.8, 4) is 0 Å². The fourth-order valence-electron chi connectivity index (χ4n) is 4.02. The number of carbonyl (C=O) groups excluding carboxylic acids is 1. The van der Waals surface area contributed by atoms with Gasteiger partial charge in [0, 0.05) is 27.8 Å². The number of unbranched alkanes of at least 4 members (excludes halogenated alkanes) is 2. The van der Waals surface area contributed by atoms with Gasteiger partial charge in [0.15, 0.2) is 0 Å². The molecule has 3 rings (SSSR count). The molecule has 0 aliphatic carbocycles. The van der Waals surface area contributed by atoms with E-state index in [2.05, 4.69) is 54.6 Å². The van der Waals surface area contributed by atoms with Crippen LogP contribution in [0.2, 0.25) is 4.34 Å². The van der Waals surface area contributed by atoms with Crippen LogP contribution in [-0.2, 0) is 0 Å². The van der Waals surface area contributed by atoms with Gasteiger partial charge in [-0.15, -0.1) is 34.9 Å². The van der Waals surface area contributed by atoms with Crippen molar-refractivity contribution in [2.24, 2.45) is 0 Å². The van der Waals surface area contributed by atoms with Gasteiger partial charge in [-0.25, -0.2) is 9.78 Å². The Kier molecular flexibility index (Phi) is 10.9. The van der Waals surface area contributed by atoms with Crippen LogP contribution in [0.5, 0.6) is 0 Å². The molecule has 184 valence electrons. The van der Waals surface area contributed by atoms with Crippen molar-refractivity contribution < 1.29 is 4.79 Å². The third-order valence-electron chi connectivity index (χ3n) is 5.56. The molecule has 0 saturated carbocycles. The predicted molar refractivity (Wildman–Crippen MR) is 153 cm³/mol. The smallest absolute Gasteiger partial charge is 0.319 e.